The van der Waals surface area contributed by atoms with Crippen LogP contribution in [0.1, 0.15) is 4.11 Å². The summed E-state index contributed by atoms with van der Waals surface area (Å²) in [4.78, 5) is 0. The third kappa shape index (κ3) is 2.85. The fourth-order valence-corrected chi connectivity index (χ4v) is 4.55. The van der Waals surface area contributed by atoms with Crippen LogP contribution in [0.3, 0.4) is 0 Å². The highest BCUT2D eigenvalue weighted by molar-refractivity contribution is 6.58. The van der Waals surface area contributed by atoms with E-state index in [0.29, 0.717) is 22.2 Å². The molecule has 1 aromatic heterocycles. The summed E-state index contributed by atoms with van der Waals surface area (Å²) >= 11 is 0. The lowest BCUT2D eigenvalue weighted by molar-refractivity contribution is 0.426. The van der Waals surface area contributed by atoms with Crippen LogP contribution < -0.4 is 5.46 Å². The molecule has 0 fully saturated rings. The lowest BCUT2D eigenvalue weighted by Gasteiger charge is -2.10. The van der Waals surface area contributed by atoms with Crippen LogP contribution in [0.25, 0.3) is 49.4 Å². The highest BCUT2D eigenvalue weighted by Crippen LogP contribution is 2.41. The Morgan fingerprint density at radius 1 is 0.719 bits per heavy atom. The summed E-state index contributed by atoms with van der Waals surface area (Å²) < 4.78 is 28.3. The van der Waals surface area contributed by atoms with Crippen molar-refractivity contribution in [2.75, 3.05) is 0 Å². The molecule has 0 saturated carbocycles. The van der Waals surface area contributed by atoms with E-state index >= 15 is 0 Å². The van der Waals surface area contributed by atoms with Crippen LogP contribution in [0.5, 0.6) is 0 Å². The number of hydrogen-bond donors (Lipinski definition) is 2. The van der Waals surface area contributed by atoms with Crippen molar-refractivity contribution in [1.82, 2.24) is 4.57 Å². The predicted molar refractivity (Wildman–Crippen MR) is 134 cm³/mol. The third-order valence-electron chi connectivity index (χ3n) is 5.97. The molecular formula is C28H20BNO2. The molecule has 0 spiro atoms. The third-order valence-corrected chi connectivity index (χ3v) is 5.97. The van der Waals surface area contributed by atoms with Crippen LogP contribution >= 0.6 is 0 Å². The number of benzene rings is 5. The van der Waals surface area contributed by atoms with Gasteiger partial charge in [0.2, 0.25) is 0 Å². The average Bonchev–Trinajstić information content (AvgIpc) is 3.23. The Balaban J connectivity index is 1.91. The van der Waals surface area contributed by atoms with Gasteiger partial charge in [0.25, 0.3) is 0 Å². The number of rotatable bonds is 3. The second kappa shape index (κ2) is 7.38. The van der Waals surface area contributed by atoms with Crippen LogP contribution in [0.2, 0.25) is 0 Å². The minimum Gasteiger partial charge on any atom is -0.423 e. The molecule has 0 bridgehead atoms. The Morgan fingerprint density at radius 3 is 2.38 bits per heavy atom. The van der Waals surface area contributed by atoms with Crippen LogP contribution in [0.4, 0.5) is 0 Å². The van der Waals surface area contributed by atoms with Gasteiger partial charge >= 0.3 is 7.12 Å². The summed E-state index contributed by atoms with van der Waals surface area (Å²) in [5.41, 5.74) is 3.73. The zero-order valence-corrected chi connectivity index (χ0v) is 17.1. The standard InChI is InChI=1S/C28H20BNO2/c31-29(32)21-11-6-12-22(18-21)30-25-15-7-14-24(19-8-2-1-3-9-19)27(25)28-23-13-5-4-10-20(23)16-17-26(28)30/h1-18,31-32H/i7D,14D,15D. The second-order valence-electron chi connectivity index (χ2n) is 7.82. The summed E-state index contributed by atoms with van der Waals surface area (Å²) in [7, 11) is -1.63. The quantitative estimate of drug-likeness (QED) is 0.386. The maximum atomic E-state index is 9.80. The zero-order chi connectivity index (χ0) is 24.3. The molecule has 0 aliphatic carbocycles. The molecule has 1 heterocycles. The van der Waals surface area contributed by atoms with Gasteiger partial charge in [0.15, 0.2) is 0 Å². The molecule has 32 heavy (non-hydrogen) atoms. The average molecular weight is 416 g/mol. The monoisotopic (exact) mass is 416 g/mol. The van der Waals surface area contributed by atoms with Crippen molar-refractivity contribution in [3.8, 4) is 16.8 Å². The van der Waals surface area contributed by atoms with Crippen LogP contribution in [-0.2, 0) is 0 Å². The largest absolute Gasteiger partial charge is 0.488 e. The minimum atomic E-state index is -1.63. The maximum Gasteiger partial charge on any atom is 0.488 e. The van der Waals surface area contributed by atoms with E-state index in [9.17, 15) is 10.0 Å². The molecular weight excluding hydrogens is 393 g/mol. The Kier molecular flexibility index (Phi) is 3.66. The molecule has 0 aliphatic rings. The molecule has 0 atom stereocenters. The Bertz CT molecular complexity index is 1760. The molecule has 0 aliphatic heterocycles. The van der Waals surface area contributed by atoms with E-state index in [0.717, 1.165) is 32.6 Å². The lowest BCUT2D eigenvalue weighted by atomic mass is 9.80. The number of hydrogen-bond acceptors (Lipinski definition) is 2. The van der Waals surface area contributed by atoms with Gasteiger partial charge in [0.1, 0.15) is 0 Å². The minimum absolute atomic E-state index is 0.0141. The van der Waals surface area contributed by atoms with E-state index in [1.54, 1.807) is 18.2 Å². The van der Waals surface area contributed by atoms with E-state index in [4.69, 9.17) is 4.11 Å². The first-order valence-electron chi connectivity index (χ1n) is 11.9. The van der Waals surface area contributed by atoms with Gasteiger partial charge in [-0.1, -0.05) is 84.9 Å². The van der Waals surface area contributed by atoms with Gasteiger partial charge in [-0.05, 0) is 51.6 Å². The normalized spacial score (nSPS) is 12.8. The van der Waals surface area contributed by atoms with Crippen molar-refractivity contribution in [2.45, 2.75) is 0 Å². The van der Waals surface area contributed by atoms with Gasteiger partial charge in [-0.15, -0.1) is 0 Å². The number of fused-ring (bicyclic) bond motifs is 5. The van der Waals surface area contributed by atoms with Crippen LogP contribution in [-0.4, -0.2) is 21.7 Å². The fraction of sp³-hybridized carbons (Fsp3) is 0. The molecule has 5 aromatic carbocycles. The van der Waals surface area contributed by atoms with E-state index in [1.165, 1.54) is 0 Å². The molecule has 0 saturated heterocycles. The molecule has 0 amide bonds. The summed E-state index contributed by atoms with van der Waals surface area (Å²) in [6.45, 7) is 0. The Labute approximate surface area is 190 Å². The Hall–Kier alpha value is -3.86. The van der Waals surface area contributed by atoms with Crippen molar-refractivity contribution >= 4 is 45.2 Å². The summed E-state index contributed by atoms with van der Waals surface area (Å²) in [6.07, 6.45) is 0. The van der Waals surface area contributed by atoms with Crippen LogP contribution in [0, 0.1) is 0 Å². The molecule has 4 heteroatoms. The van der Waals surface area contributed by atoms with E-state index in [1.807, 2.05) is 77.4 Å². The first-order valence-corrected chi connectivity index (χ1v) is 10.4. The van der Waals surface area contributed by atoms with Crippen LogP contribution in [0.15, 0.2) is 109 Å². The highest BCUT2D eigenvalue weighted by atomic mass is 16.4. The second-order valence-corrected chi connectivity index (χ2v) is 7.82. The molecule has 2 N–H and O–H groups in total. The molecule has 0 unspecified atom stereocenters. The maximum absolute atomic E-state index is 9.80. The first-order chi connectivity index (χ1) is 17.0. The molecule has 152 valence electrons. The van der Waals surface area contributed by atoms with Gasteiger partial charge in [0.05, 0.1) is 15.1 Å². The van der Waals surface area contributed by atoms with Gasteiger partial charge in [-0.25, -0.2) is 0 Å². The molecule has 3 nitrogen and oxygen atoms in total. The van der Waals surface area contributed by atoms with Crippen molar-refractivity contribution in [3.63, 3.8) is 0 Å². The highest BCUT2D eigenvalue weighted by Gasteiger charge is 2.19. The summed E-state index contributed by atoms with van der Waals surface area (Å²) in [6, 6.07) is 28.3. The molecule has 6 aromatic rings. The lowest BCUT2D eigenvalue weighted by Crippen LogP contribution is -2.29. The summed E-state index contributed by atoms with van der Waals surface area (Å²) in [5.74, 6) is 0. The van der Waals surface area contributed by atoms with Crippen molar-refractivity contribution in [2.24, 2.45) is 0 Å². The molecule has 6 rings (SSSR count). The smallest absolute Gasteiger partial charge is 0.423 e. The predicted octanol–water partition coefficient (Wildman–Crippen LogP) is 5.28. The van der Waals surface area contributed by atoms with Crippen molar-refractivity contribution in [1.29, 1.82) is 0 Å². The van der Waals surface area contributed by atoms with Crippen molar-refractivity contribution < 1.29 is 14.2 Å². The van der Waals surface area contributed by atoms with Gasteiger partial charge < -0.3 is 14.6 Å². The first kappa shape index (κ1) is 15.9. The van der Waals surface area contributed by atoms with E-state index in [-0.39, 0.29) is 18.1 Å². The van der Waals surface area contributed by atoms with Gasteiger partial charge in [-0.2, -0.15) is 0 Å². The fourth-order valence-electron chi connectivity index (χ4n) is 4.55. The number of aromatic nitrogens is 1. The molecule has 0 radical (unpaired) electrons. The van der Waals surface area contributed by atoms with Crippen molar-refractivity contribution in [3.05, 3.63) is 109 Å². The SMILES string of the molecule is [2H]c1c([2H])c([2H])c2c(c1-c1ccccc1)c1c3ccccc3ccc1n2-c1cccc(B(O)O)c1. The van der Waals surface area contributed by atoms with Gasteiger partial charge in [-0.3, -0.25) is 0 Å². The van der Waals surface area contributed by atoms with Gasteiger partial charge in [0, 0.05) is 16.5 Å². The number of nitrogens with zero attached hydrogens (tertiary/aromatic N) is 1. The van der Waals surface area contributed by atoms with E-state index < -0.39 is 7.12 Å². The zero-order valence-electron chi connectivity index (χ0n) is 20.1. The topological polar surface area (TPSA) is 45.4 Å². The van der Waals surface area contributed by atoms with E-state index in [2.05, 4.69) is 0 Å². The Morgan fingerprint density at radius 2 is 1.53 bits per heavy atom. The summed E-state index contributed by atoms with van der Waals surface area (Å²) in [5, 5.41) is 23.2.